The fraction of sp³-hybridized carbons (Fsp3) is 0.357. The van der Waals surface area contributed by atoms with Crippen LogP contribution in [-0.2, 0) is 14.8 Å². The molecule has 7 heteroatoms. The minimum atomic E-state index is -3.65. The van der Waals surface area contributed by atoms with E-state index in [1.54, 1.807) is 7.11 Å². The van der Waals surface area contributed by atoms with Crippen LogP contribution in [0.1, 0.15) is 12.0 Å². The van der Waals surface area contributed by atoms with Crippen LogP contribution in [0, 0.1) is 11.3 Å². The minimum absolute atomic E-state index is 0.0340. The van der Waals surface area contributed by atoms with Gasteiger partial charge in [-0.1, -0.05) is 17.7 Å². The van der Waals surface area contributed by atoms with Crippen LogP contribution in [0.3, 0.4) is 0 Å². The Balaban J connectivity index is 2.26. The minimum Gasteiger partial charge on any atom is -0.380 e. The van der Waals surface area contributed by atoms with E-state index in [2.05, 4.69) is 0 Å². The molecule has 1 aromatic rings. The van der Waals surface area contributed by atoms with Gasteiger partial charge in [0, 0.05) is 20.2 Å². The van der Waals surface area contributed by atoms with Crippen molar-refractivity contribution in [2.24, 2.45) is 0 Å². The topological polar surface area (TPSA) is 70.4 Å². The fourth-order valence-electron chi connectivity index (χ4n) is 2.15. The lowest BCUT2D eigenvalue weighted by molar-refractivity contribution is 0.219. The lowest BCUT2D eigenvalue weighted by atomic mass is 10.1. The highest BCUT2D eigenvalue weighted by atomic mass is 35.5. The molecule has 0 N–H and O–H groups in total. The molecule has 0 amide bonds. The highest BCUT2D eigenvalue weighted by molar-refractivity contribution is 7.89. The molecule has 1 aromatic carbocycles. The molecule has 0 aliphatic carbocycles. The molecule has 0 unspecified atom stereocenters. The smallest absolute Gasteiger partial charge is 0.244 e. The zero-order chi connectivity index (χ0) is 15.5. The Morgan fingerprint density at radius 1 is 1.48 bits per heavy atom. The Morgan fingerprint density at radius 3 is 2.76 bits per heavy atom. The monoisotopic (exact) mass is 326 g/mol. The number of benzene rings is 1. The SMILES string of the molecule is COCC1=CCN(S(=O)(=O)c2ccc(C#N)cc2Cl)CC1. The van der Waals surface area contributed by atoms with E-state index in [4.69, 9.17) is 21.6 Å². The highest BCUT2D eigenvalue weighted by Crippen LogP contribution is 2.27. The van der Waals surface area contributed by atoms with E-state index < -0.39 is 10.0 Å². The highest BCUT2D eigenvalue weighted by Gasteiger charge is 2.28. The van der Waals surface area contributed by atoms with Crippen molar-refractivity contribution in [3.8, 4) is 6.07 Å². The summed E-state index contributed by atoms with van der Waals surface area (Å²) in [5.74, 6) is 0. The molecule has 0 radical (unpaired) electrons. The van der Waals surface area contributed by atoms with E-state index in [0.717, 1.165) is 5.57 Å². The molecule has 1 heterocycles. The molecule has 1 aliphatic rings. The fourth-order valence-corrected chi connectivity index (χ4v) is 4.05. The maximum absolute atomic E-state index is 12.6. The number of ether oxygens (including phenoxy) is 1. The molecule has 2 rings (SSSR count). The first-order valence-electron chi connectivity index (χ1n) is 6.35. The average Bonchev–Trinajstić information content (AvgIpc) is 2.47. The normalized spacial score (nSPS) is 16.3. The van der Waals surface area contributed by atoms with Crippen molar-refractivity contribution in [1.82, 2.24) is 4.31 Å². The standard InChI is InChI=1S/C14H15ClN2O3S/c1-20-10-11-4-6-17(7-5-11)21(18,19)14-3-2-12(9-16)8-13(14)15/h2-4,8H,5-7,10H2,1H3. The number of halogens is 1. The number of hydrogen-bond acceptors (Lipinski definition) is 4. The summed E-state index contributed by atoms with van der Waals surface area (Å²) in [5.41, 5.74) is 1.43. The van der Waals surface area contributed by atoms with Crippen LogP contribution in [0.4, 0.5) is 0 Å². The molecule has 0 bridgehead atoms. The van der Waals surface area contributed by atoms with Crippen LogP contribution in [0.15, 0.2) is 34.7 Å². The predicted molar refractivity (Wildman–Crippen MR) is 79.5 cm³/mol. The van der Waals surface area contributed by atoms with Crippen LogP contribution in [0.25, 0.3) is 0 Å². The van der Waals surface area contributed by atoms with Gasteiger partial charge in [-0.2, -0.15) is 9.57 Å². The first kappa shape index (κ1) is 16.0. The molecule has 0 spiro atoms. The van der Waals surface area contributed by atoms with Gasteiger partial charge >= 0.3 is 0 Å². The van der Waals surface area contributed by atoms with Crippen LogP contribution in [0.5, 0.6) is 0 Å². The molecule has 0 fully saturated rings. The van der Waals surface area contributed by atoms with Crippen LogP contribution < -0.4 is 0 Å². The van der Waals surface area contributed by atoms with Gasteiger partial charge in [0.2, 0.25) is 10.0 Å². The number of rotatable bonds is 4. The summed E-state index contributed by atoms with van der Waals surface area (Å²) < 4.78 is 31.6. The van der Waals surface area contributed by atoms with Crippen LogP contribution in [0.2, 0.25) is 5.02 Å². The number of nitriles is 1. The third kappa shape index (κ3) is 3.44. The van der Waals surface area contributed by atoms with E-state index >= 15 is 0 Å². The number of nitrogens with zero attached hydrogens (tertiary/aromatic N) is 2. The van der Waals surface area contributed by atoms with Gasteiger partial charge in [-0.15, -0.1) is 0 Å². The van der Waals surface area contributed by atoms with Crippen molar-refractivity contribution in [3.63, 3.8) is 0 Å². The molecule has 0 saturated carbocycles. The Hall–Kier alpha value is -1.39. The summed E-state index contributed by atoms with van der Waals surface area (Å²) in [4.78, 5) is 0.0340. The van der Waals surface area contributed by atoms with Gasteiger partial charge in [-0.3, -0.25) is 0 Å². The Morgan fingerprint density at radius 2 is 2.24 bits per heavy atom. The van der Waals surface area contributed by atoms with E-state index in [9.17, 15) is 8.42 Å². The van der Waals surface area contributed by atoms with E-state index in [-0.39, 0.29) is 9.92 Å². The summed E-state index contributed by atoms with van der Waals surface area (Å²) in [6, 6.07) is 6.13. The molecule has 0 saturated heterocycles. The summed E-state index contributed by atoms with van der Waals surface area (Å²) in [6.07, 6.45) is 2.50. The molecule has 0 aromatic heterocycles. The predicted octanol–water partition coefficient (Wildman–Crippen LogP) is 2.18. The molecular formula is C14H15ClN2O3S. The molecule has 112 valence electrons. The first-order chi connectivity index (χ1) is 9.98. The van der Waals surface area contributed by atoms with Gasteiger partial charge in [-0.25, -0.2) is 8.42 Å². The summed E-state index contributed by atoms with van der Waals surface area (Å²) in [6.45, 7) is 1.22. The van der Waals surface area contributed by atoms with Gasteiger partial charge in [0.1, 0.15) is 4.90 Å². The average molecular weight is 327 g/mol. The number of hydrogen-bond donors (Lipinski definition) is 0. The Kier molecular flexibility index (Phi) is 5.01. The Labute approximate surface area is 129 Å². The third-order valence-electron chi connectivity index (χ3n) is 3.27. The second-order valence-corrected chi connectivity index (χ2v) is 6.98. The van der Waals surface area contributed by atoms with Gasteiger partial charge in [0.25, 0.3) is 0 Å². The van der Waals surface area contributed by atoms with Crippen LogP contribution in [-0.4, -0.2) is 39.5 Å². The molecule has 5 nitrogen and oxygen atoms in total. The number of methoxy groups -OCH3 is 1. The molecule has 21 heavy (non-hydrogen) atoms. The zero-order valence-corrected chi connectivity index (χ0v) is 13.1. The second-order valence-electron chi connectivity index (χ2n) is 4.67. The van der Waals surface area contributed by atoms with E-state index in [0.29, 0.717) is 31.7 Å². The lowest BCUT2D eigenvalue weighted by Crippen LogP contribution is -2.35. The van der Waals surface area contributed by atoms with E-state index in [1.807, 2.05) is 12.1 Å². The van der Waals surface area contributed by atoms with Gasteiger partial charge < -0.3 is 4.74 Å². The second kappa shape index (κ2) is 6.58. The van der Waals surface area contributed by atoms with Gasteiger partial charge in [0.05, 0.1) is 23.3 Å². The third-order valence-corrected chi connectivity index (χ3v) is 5.62. The number of sulfonamides is 1. The van der Waals surface area contributed by atoms with Gasteiger partial charge in [-0.05, 0) is 30.2 Å². The summed E-state index contributed by atoms with van der Waals surface area (Å²) in [7, 11) is -2.04. The maximum atomic E-state index is 12.6. The summed E-state index contributed by atoms with van der Waals surface area (Å²) >= 11 is 6.00. The van der Waals surface area contributed by atoms with Crippen molar-refractivity contribution >= 4 is 21.6 Å². The van der Waals surface area contributed by atoms with Crippen LogP contribution >= 0.6 is 11.6 Å². The molecule has 1 aliphatic heterocycles. The van der Waals surface area contributed by atoms with Crippen molar-refractivity contribution < 1.29 is 13.2 Å². The van der Waals surface area contributed by atoms with Gasteiger partial charge in [0.15, 0.2) is 0 Å². The summed E-state index contributed by atoms with van der Waals surface area (Å²) in [5, 5.41) is 8.87. The maximum Gasteiger partial charge on any atom is 0.244 e. The van der Waals surface area contributed by atoms with E-state index in [1.165, 1.54) is 22.5 Å². The first-order valence-corrected chi connectivity index (χ1v) is 8.17. The lowest BCUT2D eigenvalue weighted by Gasteiger charge is -2.26. The van der Waals surface area contributed by atoms with Crippen molar-refractivity contribution in [3.05, 3.63) is 40.4 Å². The quantitative estimate of drug-likeness (QED) is 0.795. The zero-order valence-electron chi connectivity index (χ0n) is 11.5. The Bertz CT molecular complexity index is 707. The van der Waals surface area contributed by atoms with Crippen molar-refractivity contribution in [2.45, 2.75) is 11.3 Å². The largest absolute Gasteiger partial charge is 0.380 e. The van der Waals surface area contributed by atoms with Crippen molar-refractivity contribution in [1.29, 1.82) is 5.26 Å². The molecule has 0 atom stereocenters. The van der Waals surface area contributed by atoms with Crippen molar-refractivity contribution in [2.75, 3.05) is 26.8 Å². The molecular weight excluding hydrogens is 312 g/mol.